The summed E-state index contributed by atoms with van der Waals surface area (Å²) in [6.45, 7) is 4.02. The van der Waals surface area contributed by atoms with E-state index in [2.05, 4.69) is 50.3 Å². The van der Waals surface area contributed by atoms with Crippen molar-refractivity contribution in [3.8, 4) is 0 Å². The van der Waals surface area contributed by atoms with Crippen LogP contribution in [0.5, 0.6) is 0 Å². The van der Waals surface area contributed by atoms with Crippen LogP contribution >= 0.6 is 0 Å². The number of epoxide rings is 1. The van der Waals surface area contributed by atoms with Crippen LogP contribution in [0, 0.1) is 0 Å². The lowest BCUT2D eigenvalue weighted by Crippen LogP contribution is -2.28. The van der Waals surface area contributed by atoms with Crippen molar-refractivity contribution >= 4 is 11.9 Å². The van der Waals surface area contributed by atoms with Gasteiger partial charge in [-0.15, -0.1) is 0 Å². The molecule has 0 bridgehead atoms. The number of hydrogen-bond donors (Lipinski definition) is 1. The molecular weight excluding hydrogens is 528 g/mol. The Labute approximate surface area is 257 Å². The van der Waals surface area contributed by atoms with Gasteiger partial charge in [0.2, 0.25) is 0 Å². The van der Waals surface area contributed by atoms with Crippen molar-refractivity contribution in [2.75, 3.05) is 13.2 Å². The van der Waals surface area contributed by atoms with Crippen LogP contribution in [-0.2, 0) is 23.8 Å². The SMILES string of the molecule is CCCCC/C=C\CC1OC1C/C=C\C/C=C\CCCC(=O)OC[C@H](CO)OC(=O)CCCCCCCCCCCC. The average Bonchev–Trinajstić information content (AvgIpc) is 3.74. The molecule has 1 rings (SSSR count). The molecule has 1 N–H and O–H groups in total. The van der Waals surface area contributed by atoms with Crippen LogP contribution in [0.3, 0.4) is 0 Å². The van der Waals surface area contributed by atoms with E-state index in [1.54, 1.807) is 0 Å². The van der Waals surface area contributed by atoms with Gasteiger partial charge in [0.1, 0.15) is 6.61 Å². The molecule has 0 saturated carbocycles. The van der Waals surface area contributed by atoms with Gasteiger partial charge in [0, 0.05) is 12.8 Å². The third kappa shape index (κ3) is 23.6. The summed E-state index contributed by atoms with van der Waals surface area (Å²) in [5, 5.41) is 9.49. The predicted octanol–water partition coefficient (Wildman–Crippen LogP) is 9.10. The third-order valence-electron chi connectivity index (χ3n) is 7.59. The Kier molecular flexibility index (Phi) is 25.3. The van der Waals surface area contributed by atoms with Crippen molar-refractivity contribution in [2.45, 2.75) is 167 Å². The van der Waals surface area contributed by atoms with Gasteiger partial charge in [-0.25, -0.2) is 0 Å². The molecule has 1 fully saturated rings. The molecule has 0 aromatic heterocycles. The number of aliphatic hydroxyl groups is 1. The van der Waals surface area contributed by atoms with E-state index in [1.807, 2.05) is 0 Å². The number of rotatable bonds is 29. The van der Waals surface area contributed by atoms with E-state index in [4.69, 9.17) is 14.2 Å². The Hall–Kier alpha value is -1.92. The van der Waals surface area contributed by atoms with Gasteiger partial charge in [-0.05, 0) is 51.4 Å². The molecule has 42 heavy (non-hydrogen) atoms. The molecule has 3 atom stereocenters. The van der Waals surface area contributed by atoms with Gasteiger partial charge in [-0.1, -0.05) is 121 Å². The lowest BCUT2D eigenvalue weighted by atomic mass is 10.1. The smallest absolute Gasteiger partial charge is 0.306 e. The fourth-order valence-corrected chi connectivity index (χ4v) is 4.82. The van der Waals surface area contributed by atoms with E-state index in [0.717, 1.165) is 44.9 Å². The maximum Gasteiger partial charge on any atom is 0.306 e. The second-order valence-corrected chi connectivity index (χ2v) is 11.6. The molecule has 1 aliphatic rings. The number of carbonyl (C=O) groups is 2. The van der Waals surface area contributed by atoms with E-state index < -0.39 is 6.10 Å². The second-order valence-electron chi connectivity index (χ2n) is 11.6. The summed E-state index contributed by atoms with van der Waals surface area (Å²) < 4.78 is 16.2. The van der Waals surface area contributed by atoms with Gasteiger partial charge in [0.25, 0.3) is 0 Å². The fourth-order valence-electron chi connectivity index (χ4n) is 4.82. The zero-order valence-corrected chi connectivity index (χ0v) is 26.9. The molecule has 0 amide bonds. The highest BCUT2D eigenvalue weighted by molar-refractivity contribution is 5.70. The van der Waals surface area contributed by atoms with Gasteiger partial charge in [-0.2, -0.15) is 0 Å². The van der Waals surface area contributed by atoms with E-state index in [0.29, 0.717) is 31.5 Å². The van der Waals surface area contributed by atoms with Gasteiger partial charge in [0.15, 0.2) is 6.10 Å². The molecule has 1 aliphatic heterocycles. The standard InChI is InChI=1S/C36H62O6/c1-3-5-7-9-11-12-13-16-21-25-29-36(39)41-32(30-37)31-40-35(38)28-24-20-17-14-15-19-23-27-34-33(42-34)26-22-18-10-8-6-4-2/h14,17-19,22-23,32-34,37H,3-13,15-16,20-21,24-31H2,1-2H3/b17-14-,22-18-,23-19-/t32-,33?,34?/m0/s1. The number of unbranched alkanes of at least 4 members (excludes halogenated alkanes) is 13. The largest absolute Gasteiger partial charge is 0.462 e. The van der Waals surface area contributed by atoms with Crippen molar-refractivity contribution in [2.24, 2.45) is 0 Å². The van der Waals surface area contributed by atoms with Crippen molar-refractivity contribution in [1.82, 2.24) is 0 Å². The molecule has 0 aromatic rings. The van der Waals surface area contributed by atoms with Crippen molar-refractivity contribution in [1.29, 1.82) is 0 Å². The summed E-state index contributed by atoms with van der Waals surface area (Å²) in [4.78, 5) is 24.1. The number of allylic oxidation sites excluding steroid dienone is 4. The maximum absolute atomic E-state index is 12.1. The first-order valence-electron chi connectivity index (χ1n) is 17.2. The van der Waals surface area contributed by atoms with E-state index in [-0.39, 0.29) is 25.2 Å². The second kappa shape index (κ2) is 27.9. The minimum absolute atomic E-state index is 0.0967. The first kappa shape index (κ1) is 38.1. The Bertz CT molecular complexity index is 743. The van der Waals surface area contributed by atoms with Crippen molar-refractivity contribution < 1.29 is 28.9 Å². The summed E-state index contributed by atoms with van der Waals surface area (Å²) in [5.74, 6) is -0.666. The first-order chi connectivity index (χ1) is 20.6. The number of aliphatic hydroxyl groups excluding tert-OH is 1. The molecule has 6 heteroatoms. The molecule has 2 unspecified atom stereocenters. The summed E-state index contributed by atoms with van der Waals surface area (Å²) in [5.41, 5.74) is 0. The lowest BCUT2D eigenvalue weighted by Gasteiger charge is -2.15. The van der Waals surface area contributed by atoms with Crippen molar-refractivity contribution in [3.05, 3.63) is 36.5 Å². The topological polar surface area (TPSA) is 85.4 Å². The van der Waals surface area contributed by atoms with Crippen LogP contribution in [-0.4, -0.2) is 48.6 Å². The zero-order chi connectivity index (χ0) is 30.5. The predicted molar refractivity (Wildman–Crippen MR) is 172 cm³/mol. The third-order valence-corrected chi connectivity index (χ3v) is 7.59. The summed E-state index contributed by atoms with van der Waals surface area (Å²) in [6.07, 6.45) is 35.2. The Balaban J connectivity index is 1.96. The molecule has 0 aromatic carbocycles. The minimum atomic E-state index is -0.792. The van der Waals surface area contributed by atoms with Gasteiger partial charge < -0.3 is 19.3 Å². The summed E-state index contributed by atoms with van der Waals surface area (Å²) >= 11 is 0. The minimum Gasteiger partial charge on any atom is -0.462 e. The van der Waals surface area contributed by atoms with Crippen LogP contribution in [0.2, 0.25) is 0 Å². The number of hydrogen-bond acceptors (Lipinski definition) is 6. The summed E-state index contributed by atoms with van der Waals surface area (Å²) in [6, 6.07) is 0. The first-order valence-corrected chi connectivity index (χ1v) is 17.2. The van der Waals surface area contributed by atoms with Gasteiger partial charge in [-0.3, -0.25) is 9.59 Å². The zero-order valence-electron chi connectivity index (χ0n) is 26.9. The van der Waals surface area contributed by atoms with E-state index in [1.165, 1.54) is 70.6 Å². The normalized spacial score (nSPS) is 17.4. The molecule has 0 spiro atoms. The number of ether oxygens (including phenoxy) is 3. The maximum atomic E-state index is 12.1. The molecule has 242 valence electrons. The fraction of sp³-hybridized carbons (Fsp3) is 0.778. The van der Waals surface area contributed by atoms with Crippen LogP contribution in [0.25, 0.3) is 0 Å². The molecular formula is C36H62O6. The number of carbonyl (C=O) groups excluding carboxylic acids is 2. The Morgan fingerprint density at radius 3 is 1.86 bits per heavy atom. The molecule has 1 saturated heterocycles. The quantitative estimate of drug-likeness (QED) is 0.0405. The van der Waals surface area contributed by atoms with Crippen LogP contribution < -0.4 is 0 Å². The highest BCUT2D eigenvalue weighted by Crippen LogP contribution is 2.29. The lowest BCUT2D eigenvalue weighted by molar-refractivity contribution is -0.161. The Morgan fingerprint density at radius 2 is 1.19 bits per heavy atom. The monoisotopic (exact) mass is 590 g/mol. The van der Waals surface area contributed by atoms with E-state index in [9.17, 15) is 14.7 Å². The highest BCUT2D eigenvalue weighted by Gasteiger charge is 2.35. The van der Waals surface area contributed by atoms with Crippen LogP contribution in [0.1, 0.15) is 149 Å². The molecule has 1 heterocycles. The summed E-state index contributed by atoms with van der Waals surface area (Å²) in [7, 11) is 0. The van der Waals surface area contributed by atoms with Crippen LogP contribution in [0.15, 0.2) is 36.5 Å². The van der Waals surface area contributed by atoms with E-state index >= 15 is 0 Å². The van der Waals surface area contributed by atoms with Crippen LogP contribution in [0.4, 0.5) is 0 Å². The van der Waals surface area contributed by atoms with Crippen molar-refractivity contribution in [3.63, 3.8) is 0 Å². The molecule has 0 aliphatic carbocycles. The van der Waals surface area contributed by atoms with Gasteiger partial charge in [0.05, 0.1) is 18.8 Å². The Morgan fingerprint density at radius 1 is 0.667 bits per heavy atom. The van der Waals surface area contributed by atoms with Gasteiger partial charge >= 0.3 is 11.9 Å². The molecule has 6 nitrogen and oxygen atoms in total. The highest BCUT2D eigenvalue weighted by atomic mass is 16.6. The average molecular weight is 591 g/mol. The number of esters is 2. The molecule has 0 radical (unpaired) electrons.